The summed E-state index contributed by atoms with van der Waals surface area (Å²) in [5.74, 6) is -0.521. The van der Waals surface area contributed by atoms with Gasteiger partial charge in [-0.05, 0) is 73.1 Å². The van der Waals surface area contributed by atoms with Gasteiger partial charge in [0.15, 0.2) is 5.11 Å². The van der Waals surface area contributed by atoms with Crippen LogP contribution in [0.25, 0.3) is 6.08 Å². The first-order valence-corrected chi connectivity index (χ1v) is 8.92. The van der Waals surface area contributed by atoms with E-state index in [1.165, 1.54) is 18.1 Å². The number of aryl methyl sites for hydroxylation is 2. The molecule has 1 aliphatic heterocycles. The fourth-order valence-corrected chi connectivity index (χ4v) is 3.24. The van der Waals surface area contributed by atoms with Crippen molar-refractivity contribution in [3.8, 4) is 5.75 Å². The maximum absolute atomic E-state index is 13.0. The molecule has 1 fully saturated rings. The van der Waals surface area contributed by atoms with Crippen molar-refractivity contribution < 1.29 is 14.3 Å². The summed E-state index contributed by atoms with van der Waals surface area (Å²) in [6.45, 7) is 3.93. The van der Waals surface area contributed by atoms with Crippen molar-refractivity contribution in [1.82, 2.24) is 5.32 Å². The molecule has 1 saturated heterocycles. The minimum Gasteiger partial charge on any atom is -0.495 e. The number of rotatable bonds is 3. The van der Waals surface area contributed by atoms with Crippen LogP contribution in [0.15, 0.2) is 42.0 Å². The molecule has 0 aliphatic carbocycles. The van der Waals surface area contributed by atoms with E-state index in [-0.39, 0.29) is 10.7 Å². The molecular weight excluding hydrogens is 384 g/mol. The van der Waals surface area contributed by atoms with Gasteiger partial charge in [0.05, 0.1) is 17.8 Å². The largest absolute Gasteiger partial charge is 0.495 e. The van der Waals surface area contributed by atoms with Crippen LogP contribution in [-0.2, 0) is 9.59 Å². The Kier molecular flexibility index (Phi) is 5.30. The van der Waals surface area contributed by atoms with Crippen LogP contribution in [0.2, 0.25) is 5.02 Å². The van der Waals surface area contributed by atoms with E-state index in [0.717, 1.165) is 11.1 Å². The van der Waals surface area contributed by atoms with Crippen molar-refractivity contribution in [3.63, 3.8) is 0 Å². The van der Waals surface area contributed by atoms with Gasteiger partial charge in [-0.15, -0.1) is 0 Å². The van der Waals surface area contributed by atoms with Crippen molar-refractivity contribution in [2.75, 3.05) is 12.0 Å². The third-order valence-corrected chi connectivity index (χ3v) is 4.92. The SMILES string of the molecule is COc1ccc(/C=C2/C(=O)NC(=S)N(c3ccc(C)c(C)c3)C2=O)cc1Cl. The molecule has 0 bridgehead atoms. The van der Waals surface area contributed by atoms with E-state index >= 15 is 0 Å². The monoisotopic (exact) mass is 400 g/mol. The van der Waals surface area contributed by atoms with Gasteiger partial charge in [-0.2, -0.15) is 0 Å². The van der Waals surface area contributed by atoms with Gasteiger partial charge >= 0.3 is 0 Å². The Balaban J connectivity index is 2.01. The fourth-order valence-electron chi connectivity index (χ4n) is 2.70. The fraction of sp³-hybridized carbons (Fsp3) is 0.150. The Morgan fingerprint density at radius 3 is 2.48 bits per heavy atom. The number of benzene rings is 2. The zero-order chi connectivity index (χ0) is 19.7. The number of ether oxygens (including phenoxy) is 1. The van der Waals surface area contributed by atoms with Gasteiger partial charge < -0.3 is 4.74 Å². The van der Waals surface area contributed by atoms with Crippen LogP contribution in [0.4, 0.5) is 5.69 Å². The first-order valence-electron chi connectivity index (χ1n) is 8.14. The van der Waals surface area contributed by atoms with E-state index in [2.05, 4.69) is 5.32 Å². The topological polar surface area (TPSA) is 58.6 Å². The normalized spacial score (nSPS) is 15.9. The average molecular weight is 401 g/mol. The smallest absolute Gasteiger partial charge is 0.270 e. The van der Waals surface area contributed by atoms with Crippen LogP contribution in [-0.4, -0.2) is 24.0 Å². The summed E-state index contributed by atoms with van der Waals surface area (Å²) in [5.41, 5.74) is 3.30. The average Bonchev–Trinajstić information content (AvgIpc) is 2.61. The lowest BCUT2D eigenvalue weighted by atomic mass is 10.1. The molecule has 2 aromatic carbocycles. The Labute approximate surface area is 167 Å². The van der Waals surface area contributed by atoms with Crippen molar-refractivity contribution in [2.24, 2.45) is 0 Å². The molecular formula is C20H17ClN2O3S. The summed E-state index contributed by atoms with van der Waals surface area (Å²) in [4.78, 5) is 26.7. The van der Waals surface area contributed by atoms with Crippen LogP contribution in [0.1, 0.15) is 16.7 Å². The standard InChI is InChI=1S/C20H17ClN2O3S/c1-11-4-6-14(8-12(11)2)23-19(25)15(18(24)22-20(23)27)9-13-5-7-17(26-3)16(21)10-13/h4-10H,1-3H3,(H,22,24,27)/b15-9-. The van der Waals surface area contributed by atoms with Crippen LogP contribution >= 0.6 is 23.8 Å². The highest BCUT2D eigenvalue weighted by molar-refractivity contribution is 7.80. The van der Waals surface area contributed by atoms with E-state index in [9.17, 15) is 9.59 Å². The van der Waals surface area contributed by atoms with Crippen molar-refractivity contribution in [2.45, 2.75) is 13.8 Å². The molecule has 0 aromatic heterocycles. The highest BCUT2D eigenvalue weighted by Crippen LogP contribution is 2.28. The van der Waals surface area contributed by atoms with Gasteiger partial charge in [-0.25, -0.2) is 0 Å². The second-order valence-corrected chi connectivity index (χ2v) is 6.91. The van der Waals surface area contributed by atoms with Crippen molar-refractivity contribution in [1.29, 1.82) is 0 Å². The van der Waals surface area contributed by atoms with Crippen LogP contribution < -0.4 is 15.0 Å². The summed E-state index contributed by atoms with van der Waals surface area (Å²) < 4.78 is 5.12. The number of nitrogens with one attached hydrogen (secondary N) is 1. The Morgan fingerprint density at radius 2 is 1.85 bits per heavy atom. The highest BCUT2D eigenvalue weighted by atomic mass is 35.5. The second-order valence-electron chi connectivity index (χ2n) is 6.12. The van der Waals surface area contributed by atoms with Gasteiger partial charge in [0.1, 0.15) is 11.3 Å². The number of carbonyl (C=O) groups excluding carboxylic acids is 2. The summed E-state index contributed by atoms with van der Waals surface area (Å²) in [6.07, 6.45) is 1.48. The molecule has 1 aliphatic rings. The zero-order valence-electron chi connectivity index (χ0n) is 15.0. The number of hydrogen-bond acceptors (Lipinski definition) is 4. The summed E-state index contributed by atoms with van der Waals surface area (Å²) >= 11 is 11.3. The number of anilines is 1. The molecule has 0 saturated carbocycles. The van der Waals surface area contributed by atoms with E-state index in [1.54, 1.807) is 24.3 Å². The molecule has 0 unspecified atom stereocenters. The molecule has 0 atom stereocenters. The molecule has 7 heteroatoms. The minimum atomic E-state index is -0.544. The Bertz CT molecular complexity index is 1000. The number of amides is 2. The predicted molar refractivity (Wildman–Crippen MR) is 110 cm³/mol. The predicted octanol–water partition coefficient (Wildman–Crippen LogP) is 3.80. The van der Waals surface area contributed by atoms with E-state index in [4.69, 9.17) is 28.6 Å². The van der Waals surface area contributed by atoms with Crippen molar-refractivity contribution in [3.05, 3.63) is 63.7 Å². The highest BCUT2D eigenvalue weighted by Gasteiger charge is 2.34. The molecule has 2 amide bonds. The molecule has 2 aromatic rings. The third-order valence-electron chi connectivity index (χ3n) is 4.34. The maximum Gasteiger partial charge on any atom is 0.270 e. The molecule has 0 spiro atoms. The molecule has 3 rings (SSSR count). The number of thiocarbonyl (C=S) groups is 1. The van der Waals surface area contributed by atoms with Gasteiger partial charge in [0.2, 0.25) is 0 Å². The van der Waals surface area contributed by atoms with Crippen LogP contribution in [0, 0.1) is 13.8 Å². The molecule has 138 valence electrons. The molecule has 5 nitrogen and oxygen atoms in total. The van der Waals surface area contributed by atoms with Gasteiger partial charge in [0, 0.05) is 0 Å². The number of hydrogen-bond donors (Lipinski definition) is 1. The van der Waals surface area contributed by atoms with E-state index in [0.29, 0.717) is 22.0 Å². The van der Waals surface area contributed by atoms with Crippen molar-refractivity contribution >= 4 is 52.5 Å². The molecule has 0 radical (unpaired) electrons. The third kappa shape index (κ3) is 3.72. The van der Waals surface area contributed by atoms with Crippen LogP contribution in [0.3, 0.4) is 0 Å². The lowest BCUT2D eigenvalue weighted by Gasteiger charge is -2.29. The lowest BCUT2D eigenvalue weighted by molar-refractivity contribution is -0.122. The summed E-state index contributed by atoms with van der Waals surface area (Å²) in [5, 5.41) is 3.01. The van der Waals surface area contributed by atoms with Gasteiger partial charge in [-0.1, -0.05) is 23.7 Å². The molecule has 1 heterocycles. The van der Waals surface area contributed by atoms with Gasteiger partial charge in [0.25, 0.3) is 11.8 Å². The molecule has 1 N–H and O–H groups in total. The summed E-state index contributed by atoms with van der Waals surface area (Å²) in [6, 6.07) is 10.6. The summed E-state index contributed by atoms with van der Waals surface area (Å²) in [7, 11) is 1.51. The zero-order valence-corrected chi connectivity index (χ0v) is 16.6. The van der Waals surface area contributed by atoms with Crippen LogP contribution in [0.5, 0.6) is 5.75 Å². The van der Waals surface area contributed by atoms with Gasteiger partial charge in [-0.3, -0.25) is 19.8 Å². The van der Waals surface area contributed by atoms with E-state index < -0.39 is 11.8 Å². The first kappa shape index (κ1) is 19.1. The Morgan fingerprint density at radius 1 is 1.11 bits per heavy atom. The van der Waals surface area contributed by atoms with E-state index in [1.807, 2.05) is 26.0 Å². The number of halogens is 1. The second kappa shape index (κ2) is 7.50. The quantitative estimate of drug-likeness (QED) is 0.483. The minimum absolute atomic E-state index is 0.0249. The maximum atomic E-state index is 13.0. The molecule has 27 heavy (non-hydrogen) atoms. The number of carbonyl (C=O) groups is 2. The Hall–Kier alpha value is -2.70. The number of nitrogens with zero attached hydrogens (tertiary/aromatic N) is 1. The lowest BCUT2D eigenvalue weighted by Crippen LogP contribution is -2.54. The first-order chi connectivity index (χ1) is 12.8. The number of methoxy groups -OCH3 is 1.